The summed E-state index contributed by atoms with van der Waals surface area (Å²) < 4.78 is 16.0. The van der Waals surface area contributed by atoms with E-state index in [9.17, 15) is 9.59 Å². The average molecular weight is 437 g/mol. The van der Waals surface area contributed by atoms with Crippen LogP contribution in [-0.2, 0) is 16.1 Å². The molecule has 32 heavy (non-hydrogen) atoms. The van der Waals surface area contributed by atoms with Gasteiger partial charge in [0.25, 0.3) is 5.91 Å². The largest absolute Gasteiger partial charge is 0.489 e. The van der Waals surface area contributed by atoms with E-state index in [2.05, 4.69) is 17.4 Å². The van der Waals surface area contributed by atoms with Crippen LogP contribution in [-0.4, -0.2) is 23.6 Å². The molecular formula is C25H28N2O5. The minimum Gasteiger partial charge on any atom is -0.489 e. The molecule has 0 aliphatic carbocycles. The maximum absolute atomic E-state index is 12.3. The van der Waals surface area contributed by atoms with E-state index in [1.807, 2.05) is 44.2 Å². The van der Waals surface area contributed by atoms with E-state index >= 15 is 0 Å². The highest BCUT2D eigenvalue weighted by Crippen LogP contribution is 2.19. The van der Waals surface area contributed by atoms with Gasteiger partial charge in [-0.05, 0) is 50.1 Å². The van der Waals surface area contributed by atoms with Crippen molar-refractivity contribution < 1.29 is 23.6 Å². The Hall–Kier alpha value is -3.61. The van der Waals surface area contributed by atoms with Crippen molar-refractivity contribution in [1.82, 2.24) is 10.5 Å². The molecule has 0 saturated carbocycles. The third kappa shape index (κ3) is 6.20. The van der Waals surface area contributed by atoms with Crippen LogP contribution in [0.5, 0.6) is 5.75 Å². The lowest BCUT2D eigenvalue weighted by atomic mass is 10.0. The van der Waals surface area contributed by atoms with Crippen molar-refractivity contribution in [3.63, 3.8) is 0 Å². The van der Waals surface area contributed by atoms with Gasteiger partial charge in [-0.2, -0.15) is 0 Å². The number of amides is 1. The number of nitrogens with one attached hydrogen (secondary N) is 1. The molecule has 0 fully saturated rings. The van der Waals surface area contributed by atoms with Crippen molar-refractivity contribution in [3.05, 3.63) is 82.7 Å². The molecule has 7 nitrogen and oxygen atoms in total. The van der Waals surface area contributed by atoms with Gasteiger partial charge in [0.15, 0.2) is 6.61 Å². The van der Waals surface area contributed by atoms with Gasteiger partial charge < -0.3 is 19.3 Å². The Morgan fingerprint density at radius 3 is 2.41 bits per heavy atom. The lowest BCUT2D eigenvalue weighted by molar-refractivity contribution is -0.125. The molecule has 1 heterocycles. The second-order valence-corrected chi connectivity index (χ2v) is 7.51. The first kappa shape index (κ1) is 23.1. The van der Waals surface area contributed by atoms with Crippen LogP contribution in [0.25, 0.3) is 0 Å². The number of rotatable bonds is 10. The Morgan fingerprint density at radius 1 is 1.06 bits per heavy atom. The van der Waals surface area contributed by atoms with Gasteiger partial charge in [0.1, 0.15) is 18.1 Å². The van der Waals surface area contributed by atoms with E-state index in [1.54, 1.807) is 24.3 Å². The van der Waals surface area contributed by atoms with Gasteiger partial charge in [0, 0.05) is 0 Å². The van der Waals surface area contributed by atoms with Crippen molar-refractivity contribution in [1.29, 1.82) is 0 Å². The Balaban J connectivity index is 1.49. The number of aryl methyl sites for hydroxylation is 2. The summed E-state index contributed by atoms with van der Waals surface area (Å²) in [6.45, 7) is 5.73. The van der Waals surface area contributed by atoms with E-state index in [1.165, 1.54) is 0 Å². The number of hydrogen-bond acceptors (Lipinski definition) is 6. The summed E-state index contributed by atoms with van der Waals surface area (Å²) in [6.07, 6.45) is 1.73. The standard InChI is InChI=1S/C25H28N2O5/c1-4-8-23(19-9-6-5-7-10-19)26-24(28)16-31-25(29)20-11-13-21(14-12-20)30-15-22-17(2)27-32-18(22)3/h5-7,9-14,23H,4,8,15-16H2,1-3H3,(H,26,28). The molecule has 1 N–H and O–H groups in total. The van der Waals surface area contributed by atoms with Crippen LogP contribution in [0.4, 0.5) is 0 Å². The summed E-state index contributed by atoms with van der Waals surface area (Å²) in [6, 6.07) is 16.2. The molecule has 1 unspecified atom stereocenters. The lowest BCUT2D eigenvalue weighted by Gasteiger charge is -2.18. The number of nitrogens with zero attached hydrogens (tertiary/aromatic N) is 1. The fraction of sp³-hybridized carbons (Fsp3) is 0.320. The number of carbonyl (C=O) groups is 2. The Labute approximate surface area is 187 Å². The molecule has 1 aromatic heterocycles. The summed E-state index contributed by atoms with van der Waals surface area (Å²) in [7, 11) is 0. The maximum Gasteiger partial charge on any atom is 0.338 e. The van der Waals surface area contributed by atoms with Crippen molar-refractivity contribution in [2.75, 3.05) is 6.61 Å². The van der Waals surface area contributed by atoms with Gasteiger partial charge in [-0.1, -0.05) is 48.8 Å². The summed E-state index contributed by atoms with van der Waals surface area (Å²) in [4.78, 5) is 24.6. The molecule has 2 aromatic carbocycles. The molecule has 0 aliphatic rings. The second kappa shape index (κ2) is 11.1. The van der Waals surface area contributed by atoms with Crippen molar-refractivity contribution >= 4 is 11.9 Å². The maximum atomic E-state index is 12.3. The number of esters is 1. The molecule has 0 spiro atoms. The highest BCUT2D eigenvalue weighted by atomic mass is 16.5. The van der Waals surface area contributed by atoms with Crippen LogP contribution in [0.2, 0.25) is 0 Å². The molecule has 0 saturated heterocycles. The van der Waals surface area contributed by atoms with Gasteiger partial charge in [-0.25, -0.2) is 4.79 Å². The van der Waals surface area contributed by atoms with E-state index in [4.69, 9.17) is 14.0 Å². The molecule has 3 rings (SSSR count). The Bertz CT molecular complexity index is 1010. The van der Waals surface area contributed by atoms with Gasteiger partial charge in [0.2, 0.25) is 0 Å². The normalized spacial score (nSPS) is 11.6. The van der Waals surface area contributed by atoms with E-state index in [0.717, 1.165) is 35.4 Å². The first-order valence-corrected chi connectivity index (χ1v) is 10.6. The first-order chi connectivity index (χ1) is 15.5. The molecular weight excluding hydrogens is 408 g/mol. The number of ether oxygens (including phenoxy) is 2. The number of aromatic nitrogens is 1. The zero-order chi connectivity index (χ0) is 22.9. The molecule has 0 aliphatic heterocycles. The summed E-state index contributed by atoms with van der Waals surface area (Å²) in [5.41, 5.74) is 3.06. The van der Waals surface area contributed by atoms with Crippen LogP contribution < -0.4 is 10.1 Å². The zero-order valence-corrected chi connectivity index (χ0v) is 18.6. The SMILES string of the molecule is CCCC(NC(=O)COC(=O)c1ccc(OCc2c(C)noc2C)cc1)c1ccccc1. The molecule has 168 valence electrons. The number of hydrogen-bond donors (Lipinski definition) is 1. The van der Waals surface area contributed by atoms with Crippen molar-refractivity contribution in [3.8, 4) is 5.75 Å². The van der Waals surface area contributed by atoms with Gasteiger partial charge in [-0.3, -0.25) is 4.79 Å². The minimum atomic E-state index is -0.566. The highest BCUT2D eigenvalue weighted by molar-refractivity contribution is 5.91. The predicted molar refractivity (Wildman–Crippen MR) is 119 cm³/mol. The molecule has 0 bridgehead atoms. The van der Waals surface area contributed by atoms with Crippen LogP contribution >= 0.6 is 0 Å². The molecule has 0 radical (unpaired) electrons. The predicted octanol–water partition coefficient (Wildman–Crippen LogP) is 4.68. The van der Waals surface area contributed by atoms with E-state index in [0.29, 0.717) is 17.9 Å². The molecule has 1 amide bonds. The third-order valence-corrected chi connectivity index (χ3v) is 5.10. The average Bonchev–Trinajstić information content (AvgIpc) is 3.13. The van der Waals surface area contributed by atoms with Crippen LogP contribution in [0.15, 0.2) is 59.1 Å². The van der Waals surface area contributed by atoms with Gasteiger partial charge in [0.05, 0.1) is 22.9 Å². The van der Waals surface area contributed by atoms with Crippen LogP contribution in [0.3, 0.4) is 0 Å². The van der Waals surface area contributed by atoms with Crippen LogP contribution in [0, 0.1) is 13.8 Å². The Morgan fingerprint density at radius 2 is 1.78 bits per heavy atom. The monoisotopic (exact) mass is 436 g/mol. The molecule has 1 atom stereocenters. The summed E-state index contributed by atoms with van der Waals surface area (Å²) in [5.74, 6) is 0.420. The number of benzene rings is 2. The van der Waals surface area contributed by atoms with Crippen molar-refractivity contribution in [2.24, 2.45) is 0 Å². The zero-order valence-electron chi connectivity index (χ0n) is 18.6. The summed E-state index contributed by atoms with van der Waals surface area (Å²) >= 11 is 0. The quantitative estimate of drug-likeness (QED) is 0.464. The first-order valence-electron chi connectivity index (χ1n) is 10.6. The minimum absolute atomic E-state index is 0.110. The fourth-order valence-electron chi connectivity index (χ4n) is 3.30. The van der Waals surface area contributed by atoms with Crippen molar-refractivity contribution in [2.45, 2.75) is 46.3 Å². The van der Waals surface area contributed by atoms with E-state index in [-0.39, 0.29) is 18.6 Å². The fourth-order valence-corrected chi connectivity index (χ4v) is 3.30. The second-order valence-electron chi connectivity index (χ2n) is 7.51. The molecule has 3 aromatic rings. The Kier molecular flexibility index (Phi) is 8.02. The topological polar surface area (TPSA) is 90.7 Å². The van der Waals surface area contributed by atoms with Gasteiger partial charge in [-0.15, -0.1) is 0 Å². The van der Waals surface area contributed by atoms with E-state index < -0.39 is 5.97 Å². The molecule has 7 heteroatoms. The smallest absolute Gasteiger partial charge is 0.338 e. The number of carbonyl (C=O) groups excluding carboxylic acids is 2. The summed E-state index contributed by atoms with van der Waals surface area (Å²) in [5, 5.41) is 6.84. The van der Waals surface area contributed by atoms with Crippen LogP contribution in [0.1, 0.15) is 58.7 Å². The highest BCUT2D eigenvalue weighted by Gasteiger charge is 2.16. The lowest BCUT2D eigenvalue weighted by Crippen LogP contribution is -2.32. The van der Waals surface area contributed by atoms with Gasteiger partial charge >= 0.3 is 5.97 Å². The third-order valence-electron chi connectivity index (χ3n) is 5.10.